The van der Waals surface area contributed by atoms with E-state index in [1.54, 1.807) is 11.3 Å². The third-order valence-electron chi connectivity index (χ3n) is 2.46. The fraction of sp³-hybridized carbons (Fsp3) is 0.600. The maximum absolute atomic E-state index is 6.10. The van der Waals surface area contributed by atoms with Crippen LogP contribution in [0.3, 0.4) is 0 Å². The fourth-order valence-corrected chi connectivity index (χ4v) is 2.30. The van der Waals surface area contributed by atoms with Crippen LogP contribution < -0.4 is 5.73 Å². The van der Waals surface area contributed by atoms with Crippen LogP contribution in [0.5, 0.6) is 0 Å². The molecule has 0 aliphatic rings. The zero-order chi connectivity index (χ0) is 9.14. The van der Waals surface area contributed by atoms with Gasteiger partial charge in [0, 0.05) is 10.9 Å². The smallest absolute Gasteiger partial charge is 0.0418 e. The Morgan fingerprint density at radius 3 is 2.67 bits per heavy atom. The highest BCUT2D eigenvalue weighted by atomic mass is 32.1. The molecule has 1 nitrogen and oxygen atoms in total. The SMILES string of the molecule is CCC(C)[C@H](N)c1sccc1C. The van der Waals surface area contributed by atoms with Gasteiger partial charge in [-0.25, -0.2) is 0 Å². The van der Waals surface area contributed by atoms with Gasteiger partial charge < -0.3 is 5.73 Å². The second-order valence-corrected chi connectivity index (χ2v) is 4.33. The molecular weight excluding hydrogens is 166 g/mol. The van der Waals surface area contributed by atoms with Crippen molar-refractivity contribution in [1.29, 1.82) is 0 Å². The molecule has 1 unspecified atom stereocenters. The van der Waals surface area contributed by atoms with Gasteiger partial charge >= 0.3 is 0 Å². The summed E-state index contributed by atoms with van der Waals surface area (Å²) in [5.74, 6) is 0.586. The molecule has 0 saturated carbocycles. The van der Waals surface area contributed by atoms with Crippen molar-refractivity contribution < 1.29 is 0 Å². The van der Waals surface area contributed by atoms with Gasteiger partial charge in [-0.05, 0) is 29.9 Å². The molecule has 12 heavy (non-hydrogen) atoms. The molecule has 0 aromatic carbocycles. The Hall–Kier alpha value is -0.340. The zero-order valence-corrected chi connectivity index (χ0v) is 8.82. The summed E-state index contributed by atoms with van der Waals surface area (Å²) in [5.41, 5.74) is 7.45. The molecule has 68 valence electrons. The Kier molecular flexibility index (Phi) is 3.29. The Bertz CT molecular complexity index is 242. The Morgan fingerprint density at radius 1 is 1.58 bits per heavy atom. The van der Waals surface area contributed by atoms with E-state index < -0.39 is 0 Å². The lowest BCUT2D eigenvalue weighted by Gasteiger charge is -2.17. The van der Waals surface area contributed by atoms with Gasteiger partial charge in [0.1, 0.15) is 0 Å². The van der Waals surface area contributed by atoms with E-state index in [1.165, 1.54) is 10.4 Å². The Balaban J connectivity index is 2.77. The van der Waals surface area contributed by atoms with Gasteiger partial charge in [0.25, 0.3) is 0 Å². The number of nitrogens with two attached hydrogens (primary N) is 1. The van der Waals surface area contributed by atoms with Crippen molar-refractivity contribution >= 4 is 11.3 Å². The summed E-state index contributed by atoms with van der Waals surface area (Å²) in [6, 6.07) is 2.37. The van der Waals surface area contributed by atoms with Crippen LogP contribution in [0.1, 0.15) is 36.8 Å². The largest absolute Gasteiger partial charge is 0.323 e. The summed E-state index contributed by atoms with van der Waals surface area (Å²) < 4.78 is 0. The average Bonchev–Trinajstić information content (AvgIpc) is 2.48. The highest BCUT2D eigenvalue weighted by Gasteiger charge is 2.15. The van der Waals surface area contributed by atoms with E-state index in [9.17, 15) is 0 Å². The molecule has 2 heteroatoms. The summed E-state index contributed by atoms with van der Waals surface area (Å²) in [7, 11) is 0. The van der Waals surface area contributed by atoms with Crippen LogP contribution in [0.15, 0.2) is 11.4 Å². The molecule has 0 spiro atoms. The van der Waals surface area contributed by atoms with Gasteiger partial charge in [-0.1, -0.05) is 20.3 Å². The van der Waals surface area contributed by atoms with Crippen molar-refractivity contribution in [3.63, 3.8) is 0 Å². The average molecular weight is 183 g/mol. The first kappa shape index (κ1) is 9.75. The van der Waals surface area contributed by atoms with Crippen LogP contribution in [-0.4, -0.2) is 0 Å². The minimum absolute atomic E-state index is 0.231. The highest BCUT2D eigenvalue weighted by Crippen LogP contribution is 2.28. The second kappa shape index (κ2) is 4.06. The maximum Gasteiger partial charge on any atom is 0.0418 e. The van der Waals surface area contributed by atoms with Crippen LogP contribution in [0.4, 0.5) is 0 Å². The van der Waals surface area contributed by atoms with Gasteiger partial charge in [0.05, 0.1) is 0 Å². The maximum atomic E-state index is 6.10. The van der Waals surface area contributed by atoms with E-state index in [-0.39, 0.29) is 6.04 Å². The van der Waals surface area contributed by atoms with Crippen molar-refractivity contribution in [2.24, 2.45) is 11.7 Å². The predicted molar refractivity (Wildman–Crippen MR) is 55.4 cm³/mol. The lowest BCUT2D eigenvalue weighted by atomic mass is 9.97. The molecule has 0 saturated heterocycles. The Labute approximate surface area is 78.6 Å². The molecule has 0 radical (unpaired) electrons. The molecule has 0 aliphatic carbocycles. The molecule has 0 fully saturated rings. The first-order valence-electron chi connectivity index (χ1n) is 4.46. The summed E-state index contributed by atoms with van der Waals surface area (Å²) in [6.45, 7) is 6.53. The number of hydrogen-bond acceptors (Lipinski definition) is 2. The minimum Gasteiger partial charge on any atom is -0.323 e. The lowest BCUT2D eigenvalue weighted by molar-refractivity contribution is 0.461. The first-order valence-corrected chi connectivity index (χ1v) is 5.34. The molecule has 0 aliphatic heterocycles. The summed E-state index contributed by atoms with van der Waals surface area (Å²) >= 11 is 1.78. The normalized spacial score (nSPS) is 16.0. The highest BCUT2D eigenvalue weighted by molar-refractivity contribution is 7.10. The molecule has 1 heterocycles. The summed E-state index contributed by atoms with van der Waals surface area (Å²) in [6.07, 6.45) is 1.15. The van der Waals surface area contributed by atoms with Crippen LogP contribution in [0.2, 0.25) is 0 Å². The van der Waals surface area contributed by atoms with E-state index in [0.29, 0.717) is 5.92 Å². The van der Waals surface area contributed by atoms with E-state index >= 15 is 0 Å². The van der Waals surface area contributed by atoms with E-state index in [1.807, 2.05) is 0 Å². The molecule has 0 amide bonds. The van der Waals surface area contributed by atoms with Crippen molar-refractivity contribution in [3.05, 3.63) is 21.9 Å². The third kappa shape index (κ3) is 1.87. The van der Waals surface area contributed by atoms with E-state index in [0.717, 1.165) is 6.42 Å². The number of aryl methyl sites for hydroxylation is 1. The van der Waals surface area contributed by atoms with Gasteiger partial charge in [-0.3, -0.25) is 0 Å². The first-order chi connectivity index (χ1) is 5.66. The molecule has 2 atom stereocenters. The standard InChI is InChI=1S/C10H17NS/c1-4-7(2)9(11)10-8(3)5-6-12-10/h5-7,9H,4,11H2,1-3H3/t7?,9-/m0/s1. The Morgan fingerprint density at radius 2 is 2.25 bits per heavy atom. The summed E-state index contributed by atoms with van der Waals surface area (Å²) in [4.78, 5) is 1.35. The lowest BCUT2D eigenvalue weighted by Crippen LogP contribution is -2.17. The van der Waals surface area contributed by atoms with Crippen molar-refractivity contribution in [1.82, 2.24) is 0 Å². The second-order valence-electron chi connectivity index (χ2n) is 3.38. The summed E-state index contributed by atoms with van der Waals surface area (Å²) in [5, 5.41) is 2.12. The monoisotopic (exact) mass is 183 g/mol. The van der Waals surface area contributed by atoms with Crippen LogP contribution in [0.25, 0.3) is 0 Å². The quantitative estimate of drug-likeness (QED) is 0.765. The van der Waals surface area contributed by atoms with Crippen molar-refractivity contribution in [2.45, 2.75) is 33.2 Å². The van der Waals surface area contributed by atoms with Crippen LogP contribution >= 0.6 is 11.3 Å². The van der Waals surface area contributed by atoms with E-state index in [4.69, 9.17) is 5.73 Å². The number of thiophene rings is 1. The zero-order valence-electron chi connectivity index (χ0n) is 8.00. The van der Waals surface area contributed by atoms with Crippen molar-refractivity contribution in [2.75, 3.05) is 0 Å². The minimum atomic E-state index is 0.231. The molecule has 1 aromatic rings. The molecule has 1 aromatic heterocycles. The fourth-order valence-electron chi connectivity index (χ4n) is 1.24. The van der Waals surface area contributed by atoms with Crippen molar-refractivity contribution in [3.8, 4) is 0 Å². The van der Waals surface area contributed by atoms with Crippen LogP contribution in [0, 0.1) is 12.8 Å². The molecular formula is C10H17NS. The van der Waals surface area contributed by atoms with Gasteiger partial charge in [0.15, 0.2) is 0 Å². The topological polar surface area (TPSA) is 26.0 Å². The van der Waals surface area contributed by atoms with Gasteiger partial charge in [0.2, 0.25) is 0 Å². The predicted octanol–water partition coefficient (Wildman–Crippen LogP) is 3.10. The molecule has 1 rings (SSSR count). The number of hydrogen-bond donors (Lipinski definition) is 1. The van der Waals surface area contributed by atoms with Gasteiger partial charge in [-0.2, -0.15) is 0 Å². The third-order valence-corrected chi connectivity index (χ3v) is 3.58. The molecule has 2 N–H and O–H groups in total. The van der Waals surface area contributed by atoms with Crippen LogP contribution in [-0.2, 0) is 0 Å². The number of rotatable bonds is 3. The molecule has 0 bridgehead atoms. The van der Waals surface area contributed by atoms with E-state index in [2.05, 4.69) is 32.2 Å². The van der Waals surface area contributed by atoms with Gasteiger partial charge in [-0.15, -0.1) is 11.3 Å².